The van der Waals surface area contributed by atoms with E-state index in [0.29, 0.717) is 51.1 Å². The van der Waals surface area contributed by atoms with Crippen LogP contribution in [0.4, 0.5) is 9.18 Å². The van der Waals surface area contributed by atoms with Crippen LogP contribution in [0.5, 0.6) is 0 Å². The maximum Gasteiger partial charge on any atom is 0.407 e. The van der Waals surface area contributed by atoms with Crippen LogP contribution in [-0.4, -0.2) is 47.1 Å². The minimum Gasteiger partial charge on any atom is -0.444 e. The van der Waals surface area contributed by atoms with Crippen molar-refractivity contribution >= 4 is 31.1 Å². The molecule has 2 amide bonds. The summed E-state index contributed by atoms with van der Waals surface area (Å²) in [5, 5.41) is 2.61. The summed E-state index contributed by atoms with van der Waals surface area (Å²) >= 11 is 0. The Morgan fingerprint density at radius 1 is 1.04 bits per heavy atom. The third-order valence-electron chi connectivity index (χ3n) is 10.5. The number of alkyl carbamates (subject to hydrolysis) is 1. The molecule has 0 spiro atoms. The number of benzene rings is 3. The Labute approximate surface area is 300 Å². The highest BCUT2D eigenvalue weighted by Crippen LogP contribution is 2.49. The summed E-state index contributed by atoms with van der Waals surface area (Å²) in [6.45, 7) is 16.1. The number of rotatable bonds is 6. The molecule has 0 unspecified atom stereocenters. The van der Waals surface area contributed by atoms with Gasteiger partial charge in [0.25, 0.3) is 5.91 Å². The zero-order valence-corrected chi connectivity index (χ0v) is 31.4. The number of nitrogens with zero attached hydrogens (tertiary/aromatic N) is 3. The van der Waals surface area contributed by atoms with E-state index in [4.69, 9.17) is 13.8 Å². The molecule has 1 N–H and O–H groups in total. The van der Waals surface area contributed by atoms with Crippen LogP contribution in [-0.2, 0) is 11.3 Å². The second-order valence-electron chi connectivity index (χ2n) is 15.6. The van der Waals surface area contributed by atoms with Gasteiger partial charge in [0.2, 0.25) is 0 Å². The minimum atomic E-state index is -2.71. The van der Waals surface area contributed by atoms with Gasteiger partial charge in [-0.05, 0) is 78.9 Å². The van der Waals surface area contributed by atoms with E-state index in [1.54, 1.807) is 45.0 Å². The number of ether oxygens (including phenoxy) is 1. The summed E-state index contributed by atoms with van der Waals surface area (Å²) in [7, 11) is -2.15. The number of aromatic nitrogens is 2. The number of fused-ring (bicyclic) bond motifs is 9. The molecule has 0 fully saturated rings. The lowest BCUT2D eigenvalue weighted by Gasteiger charge is -2.38. The fourth-order valence-corrected chi connectivity index (χ4v) is 13.4. The molecule has 1 aromatic heterocycles. The van der Waals surface area contributed by atoms with Crippen molar-refractivity contribution in [2.24, 2.45) is 0 Å². The van der Waals surface area contributed by atoms with Crippen molar-refractivity contribution in [2.45, 2.75) is 110 Å². The lowest BCUT2D eigenvalue weighted by Crippen LogP contribution is -2.43. The van der Waals surface area contributed by atoms with Gasteiger partial charge in [-0.15, -0.1) is 5.54 Å². The monoisotopic (exact) mass is 695 g/mol. The fraction of sp³-hybridized carbons (Fsp3) is 0.439. The van der Waals surface area contributed by atoms with E-state index in [9.17, 15) is 9.59 Å². The van der Waals surface area contributed by atoms with Crippen LogP contribution in [0, 0.1) is 17.3 Å². The van der Waals surface area contributed by atoms with Crippen LogP contribution in [0.1, 0.15) is 118 Å². The molecule has 2 atom stereocenters. The Morgan fingerprint density at radius 2 is 1.72 bits per heavy atom. The summed E-state index contributed by atoms with van der Waals surface area (Å²) in [6, 6.07) is 14.8. The molecular weight excluding hydrogens is 644 g/mol. The first-order chi connectivity index (χ1) is 24.7. The Balaban J connectivity index is 1.47. The van der Waals surface area contributed by atoms with E-state index in [1.807, 2.05) is 24.3 Å². The Bertz CT molecular complexity index is 2140. The Hall–Kier alpha value is -4.42. The topological polar surface area (TPSA) is 76.5 Å². The summed E-state index contributed by atoms with van der Waals surface area (Å²) in [6.07, 6.45) is -0.286. The normalized spacial score (nSPS) is 18.3. The molecule has 7 nitrogen and oxygen atoms in total. The molecule has 9 heteroatoms. The number of nitrogens with one attached hydrogen (secondary N) is 1. The van der Waals surface area contributed by atoms with Gasteiger partial charge < -0.3 is 19.5 Å². The first kappa shape index (κ1) is 31.6. The van der Waals surface area contributed by atoms with Gasteiger partial charge in [-0.1, -0.05) is 71.7 Å². The van der Waals surface area contributed by atoms with Gasteiger partial charge >= 0.3 is 6.09 Å². The summed E-state index contributed by atoms with van der Waals surface area (Å²) < 4.78 is 48.2. The number of imidazole rings is 1. The van der Waals surface area contributed by atoms with Crippen molar-refractivity contribution in [3.05, 3.63) is 88.5 Å². The average molecular weight is 696 g/mol. The molecule has 0 aliphatic carbocycles. The second-order valence-corrected chi connectivity index (χ2v) is 21.1. The standard InChI is InChI=1S/C41H49FN4O3Si/c1-24(2)50(25(3)4,26(5)6)19-18-27-12-11-13-31-37(27)35-22-36(45(10)39(31)47)38-44-33-17-16-29(21-34(33)46(35)38)28-14-15-30(32(42)20-28)23-43-40(48)49-41(7,8)9/h11-17,20-21,24-26,35-36H,22-23H2,1-10H3,(H,43,48)/t35-,36-/m1/s1/i10D3. The van der Waals surface area contributed by atoms with Crippen LogP contribution < -0.4 is 5.32 Å². The lowest BCUT2D eigenvalue weighted by atomic mass is 9.93. The van der Waals surface area contributed by atoms with Crippen LogP contribution in [0.25, 0.3) is 22.2 Å². The first-order valence-corrected chi connectivity index (χ1v) is 19.7. The molecule has 0 saturated carbocycles. The minimum absolute atomic E-state index is 0.0300. The number of hydrogen-bond acceptors (Lipinski definition) is 4. The second kappa shape index (κ2) is 13.0. The molecule has 3 heterocycles. The predicted molar refractivity (Wildman–Crippen MR) is 200 cm³/mol. The third-order valence-corrected chi connectivity index (χ3v) is 16.8. The largest absolute Gasteiger partial charge is 0.444 e. The Kier molecular flexibility index (Phi) is 8.23. The molecular formula is C41H49FN4O3Si. The molecule has 6 rings (SSSR count). The number of carbonyl (C=O) groups excluding carboxylic acids is 2. The zero-order chi connectivity index (χ0) is 38.8. The van der Waals surface area contributed by atoms with Crippen LogP contribution >= 0.6 is 0 Å². The molecule has 3 aromatic carbocycles. The molecule has 2 bridgehead atoms. The quantitative estimate of drug-likeness (QED) is 0.161. The average Bonchev–Trinajstić information content (AvgIpc) is 3.55. The molecule has 262 valence electrons. The van der Waals surface area contributed by atoms with Crippen molar-refractivity contribution in [2.75, 3.05) is 6.98 Å². The lowest BCUT2D eigenvalue weighted by molar-refractivity contribution is 0.0522. The van der Waals surface area contributed by atoms with Crippen molar-refractivity contribution in [1.29, 1.82) is 0 Å². The molecule has 0 saturated heterocycles. The highest BCUT2D eigenvalue weighted by Gasteiger charge is 2.45. The summed E-state index contributed by atoms with van der Waals surface area (Å²) in [5.74, 6) is 3.06. The van der Waals surface area contributed by atoms with Crippen LogP contribution in [0.3, 0.4) is 0 Å². The SMILES string of the molecule is [2H]C([2H])([2H])N1C(=O)c2cccc(C#C[Si](C(C)C)(C(C)C)C(C)C)c2[C@H]2C[C@@H]1c1nc3ccc(-c4ccc(CNC(=O)OC(C)(C)C)c(F)c4)cc3n12. The van der Waals surface area contributed by atoms with Gasteiger partial charge in [-0.25, -0.2) is 14.2 Å². The smallest absolute Gasteiger partial charge is 0.407 e. The third kappa shape index (κ3) is 6.12. The predicted octanol–water partition coefficient (Wildman–Crippen LogP) is 9.56. The van der Waals surface area contributed by atoms with Gasteiger partial charge in [-0.2, -0.15) is 0 Å². The number of hydrogen-bond donors (Lipinski definition) is 1. The fourth-order valence-electron chi connectivity index (χ4n) is 8.20. The number of carbonyl (C=O) groups is 2. The van der Waals surface area contributed by atoms with Crippen molar-refractivity contribution in [3.63, 3.8) is 0 Å². The van der Waals surface area contributed by atoms with E-state index in [0.717, 1.165) is 27.1 Å². The maximum atomic E-state index is 15.4. The van der Waals surface area contributed by atoms with Gasteiger partial charge in [-0.3, -0.25) is 4.79 Å². The summed E-state index contributed by atoms with van der Waals surface area (Å²) in [5.41, 5.74) is 9.24. The first-order valence-electron chi connectivity index (χ1n) is 19.0. The van der Waals surface area contributed by atoms with Crippen molar-refractivity contribution in [1.82, 2.24) is 19.8 Å². The maximum absolute atomic E-state index is 15.4. The molecule has 0 radical (unpaired) electrons. The number of halogens is 1. The van der Waals surface area contributed by atoms with E-state index in [1.165, 1.54) is 6.07 Å². The van der Waals surface area contributed by atoms with Crippen molar-refractivity contribution < 1.29 is 22.8 Å². The zero-order valence-electron chi connectivity index (χ0n) is 33.4. The molecule has 2 aliphatic heterocycles. The number of amides is 2. The van der Waals surface area contributed by atoms with Crippen molar-refractivity contribution in [3.8, 4) is 22.6 Å². The van der Waals surface area contributed by atoms with E-state index in [2.05, 4.69) is 62.9 Å². The van der Waals surface area contributed by atoms with Gasteiger partial charge in [0.05, 0.1) is 23.1 Å². The van der Waals surface area contributed by atoms with E-state index < -0.39 is 50.6 Å². The van der Waals surface area contributed by atoms with Gasteiger partial charge in [0.1, 0.15) is 25.3 Å². The van der Waals surface area contributed by atoms with Crippen LogP contribution in [0.2, 0.25) is 16.6 Å². The van der Waals surface area contributed by atoms with Crippen LogP contribution in [0.15, 0.2) is 54.6 Å². The highest BCUT2D eigenvalue weighted by atomic mass is 28.3. The molecule has 4 aromatic rings. The van der Waals surface area contributed by atoms with E-state index in [-0.39, 0.29) is 6.54 Å². The molecule has 50 heavy (non-hydrogen) atoms. The van der Waals surface area contributed by atoms with E-state index >= 15 is 4.39 Å². The highest BCUT2D eigenvalue weighted by molar-refractivity contribution is 6.90. The van der Waals surface area contributed by atoms with Gasteiger partial charge in [0, 0.05) is 46.3 Å². The molecule has 2 aliphatic rings. The summed E-state index contributed by atoms with van der Waals surface area (Å²) in [4.78, 5) is 32.3. The van der Waals surface area contributed by atoms with Gasteiger partial charge in [0.15, 0.2) is 0 Å². The Morgan fingerprint density at radius 3 is 2.36 bits per heavy atom.